The third kappa shape index (κ3) is 2.02. The van der Waals surface area contributed by atoms with Crippen molar-refractivity contribution in [1.82, 2.24) is 9.55 Å². The van der Waals surface area contributed by atoms with E-state index in [0.29, 0.717) is 12.5 Å². The maximum atomic E-state index is 9.16. The Morgan fingerprint density at radius 1 is 1.19 bits per heavy atom. The van der Waals surface area contributed by atoms with E-state index in [1.807, 2.05) is 16.7 Å². The van der Waals surface area contributed by atoms with Crippen molar-refractivity contribution in [3.05, 3.63) is 18.0 Å². The van der Waals surface area contributed by atoms with Gasteiger partial charge in [-0.15, -0.1) is 0 Å². The Morgan fingerprint density at radius 2 is 1.95 bits per heavy atom. The molecule has 0 N–H and O–H groups in total. The maximum absolute atomic E-state index is 9.16. The minimum Gasteiger partial charge on any atom is -0.454 e. The summed E-state index contributed by atoms with van der Waals surface area (Å²) >= 11 is 0. The van der Waals surface area contributed by atoms with E-state index in [1.54, 1.807) is 0 Å². The molecule has 0 spiro atoms. The molecule has 0 radical (unpaired) electrons. The number of hydrogen-bond acceptors (Lipinski definition) is 4. The van der Waals surface area contributed by atoms with Gasteiger partial charge in [0.15, 0.2) is 11.5 Å². The largest absolute Gasteiger partial charge is 0.454 e. The number of nitriles is 1. The minimum atomic E-state index is 0.260. The van der Waals surface area contributed by atoms with Crippen LogP contribution in [0.5, 0.6) is 11.5 Å². The third-order valence-corrected chi connectivity index (χ3v) is 4.47. The van der Waals surface area contributed by atoms with Crippen molar-refractivity contribution in [3.8, 4) is 17.6 Å². The van der Waals surface area contributed by atoms with Crippen LogP contribution in [0.15, 0.2) is 12.1 Å². The van der Waals surface area contributed by atoms with Crippen molar-refractivity contribution in [2.45, 2.75) is 44.6 Å². The quantitative estimate of drug-likeness (QED) is 0.848. The number of fused-ring (bicyclic) bond motifs is 2. The highest BCUT2D eigenvalue weighted by Gasteiger charge is 2.24. The Balaban J connectivity index is 1.85. The first-order chi connectivity index (χ1) is 10.4. The van der Waals surface area contributed by atoms with E-state index < -0.39 is 0 Å². The molecule has 2 aliphatic rings. The van der Waals surface area contributed by atoms with Gasteiger partial charge in [-0.05, 0) is 12.8 Å². The van der Waals surface area contributed by atoms with Gasteiger partial charge >= 0.3 is 0 Å². The van der Waals surface area contributed by atoms with E-state index >= 15 is 0 Å². The van der Waals surface area contributed by atoms with Gasteiger partial charge in [0, 0.05) is 18.1 Å². The second-order valence-electron chi connectivity index (χ2n) is 5.74. The standard InChI is InChI=1S/C16H17N3O2/c17-6-7-19-13-9-15-14(20-10-21-15)8-12(13)18-16(19)11-4-2-1-3-5-11/h8-9,11H,1-5,7,10H2. The van der Waals surface area contributed by atoms with Crippen LogP contribution in [0.4, 0.5) is 0 Å². The van der Waals surface area contributed by atoms with Crippen LogP contribution in [0.3, 0.4) is 0 Å². The van der Waals surface area contributed by atoms with Crippen LogP contribution in [-0.2, 0) is 6.54 Å². The zero-order chi connectivity index (χ0) is 14.2. The van der Waals surface area contributed by atoms with Crippen LogP contribution in [0.2, 0.25) is 0 Å². The fourth-order valence-corrected chi connectivity index (χ4v) is 3.44. The maximum Gasteiger partial charge on any atom is 0.231 e. The third-order valence-electron chi connectivity index (χ3n) is 4.47. The molecule has 0 atom stereocenters. The Bertz CT molecular complexity index is 723. The summed E-state index contributed by atoms with van der Waals surface area (Å²) in [6.07, 6.45) is 6.15. The van der Waals surface area contributed by atoms with Crippen LogP contribution >= 0.6 is 0 Å². The molecule has 0 saturated heterocycles. The summed E-state index contributed by atoms with van der Waals surface area (Å²) < 4.78 is 12.9. The molecule has 4 rings (SSSR count). The van der Waals surface area contributed by atoms with Crippen LogP contribution in [0, 0.1) is 11.3 Å². The average molecular weight is 283 g/mol. The summed E-state index contributed by atoms with van der Waals surface area (Å²) in [6, 6.07) is 6.14. The molecule has 1 fully saturated rings. The van der Waals surface area contributed by atoms with Gasteiger partial charge < -0.3 is 14.0 Å². The van der Waals surface area contributed by atoms with Crippen LogP contribution in [0.25, 0.3) is 11.0 Å². The molecule has 0 amide bonds. The number of imidazole rings is 1. The van der Waals surface area contributed by atoms with Crippen molar-refractivity contribution in [2.75, 3.05) is 6.79 Å². The van der Waals surface area contributed by atoms with Crippen LogP contribution in [-0.4, -0.2) is 16.3 Å². The lowest BCUT2D eigenvalue weighted by atomic mass is 9.88. The van der Waals surface area contributed by atoms with Gasteiger partial charge in [-0.1, -0.05) is 19.3 Å². The Hall–Kier alpha value is -2.22. The van der Waals surface area contributed by atoms with E-state index in [-0.39, 0.29) is 6.79 Å². The lowest BCUT2D eigenvalue weighted by molar-refractivity contribution is 0.174. The summed E-state index contributed by atoms with van der Waals surface area (Å²) in [6.45, 7) is 0.595. The number of aromatic nitrogens is 2. The topological polar surface area (TPSA) is 60.1 Å². The molecule has 1 aromatic heterocycles. The van der Waals surface area contributed by atoms with Gasteiger partial charge in [0.1, 0.15) is 12.4 Å². The van der Waals surface area contributed by atoms with Gasteiger partial charge in [0.2, 0.25) is 6.79 Å². The average Bonchev–Trinajstić information content (AvgIpc) is 3.11. The number of hydrogen-bond donors (Lipinski definition) is 0. The van der Waals surface area contributed by atoms with E-state index in [2.05, 4.69) is 6.07 Å². The second kappa shape index (κ2) is 4.96. The molecule has 1 saturated carbocycles. The molecule has 1 aromatic carbocycles. The van der Waals surface area contributed by atoms with Gasteiger partial charge in [-0.3, -0.25) is 0 Å². The summed E-state index contributed by atoms with van der Waals surface area (Å²) in [5.74, 6) is 3.02. The molecule has 5 heteroatoms. The molecule has 108 valence electrons. The lowest BCUT2D eigenvalue weighted by Gasteiger charge is -2.21. The highest BCUT2D eigenvalue weighted by molar-refractivity contribution is 5.81. The number of benzene rings is 1. The molecule has 1 aliphatic carbocycles. The molecule has 21 heavy (non-hydrogen) atoms. The first-order valence-corrected chi connectivity index (χ1v) is 7.53. The van der Waals surface area contributed by atoms with E-state index in [1.165, 1.54) is 32.1 Å². The van der Waals surface area contributed by atoms with E-state index in [0.717, 1.165) is 28.4 Å². The number of ether oxygens (including phenoxy) is 2. The smallest absolute Gasteiger partial charge is 0.231 e. The summed E-state index contributed by atoms with van der Waals surface area (Å²) in [7, 11) is 0. The summed E-state index contributed by atoms with van der Waals surface area (Å²) in [4.78, 5) is 4.81. The Kier molecular flexibility index (Phi) is 2.95. The van der Waals surface area contributed by atoms with E-state index in [9.17, 15) is 0 Å². The Labute approximate surface area is 123 Å². The zero-order valence-corrected chi connectivity index (χ0v) is 11.8. The predicted molar refractivity (Wildman–Crippen MR) is 77.3 cm³/mol. The normalized spacial score (nSPS) is 18.0. The van der Waals surface area contributed by atoms with Crippen molar-refractivity contribution in [2.24, 2.45) is 0 Å². The first kappa shape index (κ1) is 12.5. The van der Waals surface area contributed by atoms with Crippen LogP contribution in [0.1, 0.15) is 43.8 Å². The molecule has 0 unspecified atom stereocenters. The Morgan fingerprint density at radius 3 is 2.71 bits per heavy atom. The fourth-order valence-electron chi connectivity index (χ4n) is 3.44. The molecular weight excluding hydrogens is 266 g/mol. The van der Waals surface area contributed by atoms with Crippen molar-refractivity contribution < 1.29 is 9.47 Å². The first-order valence-electron chi connectivity index (χ1n) is 7.53. The number of rotatable bonds is 2. The van der Waals surface area contributed by atoms with Gasteiger partial charge in [0.25, 0.3) is 0 Å². The monoisotopic (exact) mass is 283 g/mol. The van der Waals surface area contributed by atoms with E-state index in [4.69, 9.17) is 19.7 Å². The zero-order valence-electron chi connectivity index (χ0n) is 11.8. The van der Waals surface area contributed by atoms with Crippen molar-refractivity contribution in [3.63, 3.8) is 0 Å². The van der Waals surface area contributed by atoms with Gasteiger partial charge in [-0.25, -0.2) is 4.98 Å². The SMILES string of the molecule is N#CCn1c(C2CCCCC2)nc2cc3c(cc21)OCO3. The molecular formula is C16H17N3O2. The van der Waals surface area contributed by atoms with Crippen LogP contribution < -0.4 is 9.47 Å². The van der Waals surface area contributed by atoms with Gasteiger partial charge in [-0.2, -0.15) is 5.26 Å². The highest BCUT2D eigenvalue weighted by atomic mass is 16.7. The number of nitrogens with zero attached hydrogens (tertiary/aromatic N) is 3. The highest BCUT2D eigenvalue weighted by Crippen LogP contribution is 2.39. The molecule has 5 nitrogen and oxygen atoms in total. The molecule has 2 aromatic rings. The minimum absolute atomic E-state index is 0.260. The molecule has 2 heterocycles. The van der Waals surface area contributed by atoms with Crippen molar-refractivity contribution >= 4 is 11.0 Å². The molecule has 1 aliphatic heterocycles. The fraction of sp³-hybridized carbons (Fsp3) is 0.500. The molecule has 0 bridgehead atoms. The predicted octanol–water partition coefficient (Wildman–Crippen LogP) is 3.34. The summed E-state index contributed by atoms with van der Waals surface area (Å²) in [5.41, 5.74) is 1.87. The van der Waals surface area contributed by atoms with Gasteiger partial charge in [0.05, 0.1) is 17.1 Å². The van der Waals surface area contributed by atoms with Crippen molar-refractivity contribution in [1.29, 1.82) is 5.26 Å². The lowest BCUT2D eigenvalue weighted by Crippen LogP contribution is -2.12. The second-order valence-corrected chi connectivity index (χ2v) is 5.74. The summed E-state index contributed by atoms with van der Waals surface area (Å²) in [5, 5.41) is 9.16.